The van der Waals surface area contributed by atoms with Crippen molar-refractivity contribution in [3.63, 3.8) is 0 Å². The molecule has 2 bridgehead atoms. The predicted octanol–water partition coefficient (Wildman–Crippen LogP) is 6.70. The van der Waals surface area contributed by atoms with E-state index in [2.05, 4.69) is 4.98 Å². The number of carbonyl (C=O) groups excluding carboxylic acids is 1. The number of nitrogens with zero attached hydrogens (tertiary/aromatic N) is 4. The largest absolute Gasteiger partial charge is 0.478 e. The number of benzene rings is 3. The van der Waals surface area contributed by atoms with Crippen LogP contribution in [0.5, 0.6) is 5.88 Å². The number of rotatable bonds is 9. The summed E-state index contributed by atoms with van der Waals surface area (Å²) < 4.78 is 53.1. The summed E-state index contributed by atoms with van der Waals surface area (Å²) in [6.07, 6.45) is 1.56. The van der Waals surface area contributed by atoms with E-state index < -0.39 is 29.0 Å². The Balaban J connectivity index is 1.19. The second kappa shape index (κ2) is 11.6. The van der Waals surface area contributed by atoms with E-state index in [0.29, 0.717) is 41.4 Å². The lowest BCUT2D eigenvalue weighted by atomic mass is 9.73. The number of carboxylic acid groups (broad SMARTS) is 1. The molecular formula is C36H31F3N4O4. The van der Waals surface area contributed by atoms with E-state index in [0.717, 1.165) is 30.5 Å². The summed E-state index contributed by atoms with van der Waals surface area (Å²) in [6, 6.07) is 16.3. The second-order valence-electron chi connectivity index (χ2n) is 12.6. The van der Waals surface area contributed by atoms with Crippen LogP contribution in [-0.2, 0) is 24.4 Å². The number of halogens is 3. The smallest absolute Gasteiger partial charge is 0.335 e. The number of aromatic carboxylic acids is 1. The molecular weight excluding hydrogens is 609 g/mol. The Morgan fingerprint density at radius 2 is 1.74 bits per heavy atom. The van der Waals surface area contributed by atoms with Gasteiger partial charge in [0.15, 0.2) is 0 Å². The molecule has 1 amide bonds. The number of hydrogen-bond donors (Lipinski definition) is 1. The number of pyridine rings is 1. The van der Waals surface area contributed by atoms with Crippen LogP contribution in [-0.4, -0.2) is 48.5 Å². The minimum absolute atomic E-state index is 0.0312. The van der Waals surface area contributed by atoms with Crippen molar-refractivity contribution in [2.45, 2.75) is 51.8 Å². The molecule has 4 heterocycles. The Hall–Kier alpha value is -5.19. The molecule has 8 nitrogen and oxygen atoms in total. The van der Waals surface area contributed by atoms with E-state index in [9.17, 15) is 19.1 Å². The van der Waals surface area contributed by atoms with Crippen molar-refractivity contribution in [3.05, 3.63) is 112 Å². The van der Waals surface area contributed by atoms with Gasteiger partial charge >= 0.3 is 5.97 Å². The van der Waals surface area contributed by atoms with Gasteiger partial charge in [-0.1, -0.05) is 18.2 Å². The molecule has 0 unspecified atom stereocenters. The Morgan fingerprint density at radius 3 is 2.49 bits per heavy atom. The highest BCUT2D eigenvalue weighted by Gasteiger charge is 2.57. The number of imidazole rings is 1. The molecule has 2 aromatic heterocycles. The summed E-state index contributed by atoms with van der Waals surface area (Å²) in [5.74, 6) is -1.94. The first-order valence-electron chi connectivity index (χ1n) is 15.3. The minimum Gasteiger partial charge on any atom is -0.478 e. The van der Waals surface area contributed by atoms with Gasteiger partial charge in [-0.3, -0.25) is 4.79 Å². The number of hydrogen-bond acceptors (Lipinski definition) is 5. The minimum atomic E-state index is -1.09. The van der Waals surface area contributed by atoms with E-state index >= 15 is 8.78 Å². The van der Waals surface area contributed by atoms with Crippen molar-refractivity contribution in [1.82, 2.24) is 19.4 Å². The second-order valence-corrected chi connectivity index (χ2v) is 12.6. The van der Waals surface area contributed by atoms with E-state index in [1.165, 1.54) is 31.2 Å². The molecule has 3 aromatic carbocycles. The van der Waals surface area contributed by atoms with Gasteiger partial charge in [0, 0.05) is 43.6 Å². The third kappa shape index (κ3) is 5.60. The number of aromatic nitrogens is 3. The SMILES string of the molecule is CC(=O)N1CC2CC1(Cn1c(Cc3cc(F)c(-c4cccc(OCc5ccc(C)cc5F)n4)cc3F)nc3ccc(C(=O)O)cc31)C2. The Labute approximate surface area is 268 Å². The highest BCUT2D eigenvalue weighted by Crippen LogP contribution is 2.52. The normalized spacial score (nSPS) is 18.4. The van der Waals surface area contributed by atoms with Gasteiger partial charge in [-0.25, -0.2) is 27.9 Å². The molecule has 8 rings (SSSR count). The van der Waals surface area contributed by atoms with Crippen molar-refractivity contribution >= 4 is 22.9 Å². The van der Waals surface area contributed by atoms with Gasteiger partial charge in [-0.2, -0.15) is 0 Å². The van der Waals surface area contributed by atoms with Crippen molar-refractivity contribution in [1.29, 1.82) is 0 Å². The average Bonchev–Trinajstić information content (AvgIpc) is 3.68. The molecule has 0 spiro atoms. The third-order valence-electron chi connectivity index (χ3n) is 9.33. The van der Waals surface area contributed by atoms with Crippen LogP contribution in [0.4, 0.5) is 13.2 Å². The zero-order chi connectivity index (χ0) is 33.0. The van der Waals surface area contributed by atoms with E-state index in [1.54, 1.807) is 37.3 Å². The Morgan fingerprint density at radius 1 is 0.957 bits per heavy atom. The van der Waals surface area contributed by atoms with Crippen molar-refractivity contribution in [3.8, 4) is 17.1 Å². The molecule has 1 N–H and O–H groups in total. The lowest BCUT2D eigenvalue weighted by molar-refractivity contribution is -0.133. The predicted molar refractivity (Wildman–Crippen MR) is 167 cm³/mol. The summed E-state index contributed by atoms with van der Waals surface area (Å²) in [5, 5.41) is 9.64. The number of carboxylic acids is 1. The third-order valence-corrected chi connectivity index (χ3v) is 9.33. The lowest BCUT2D eigenvalue weighted by Crippen LogP contribution is -2.51. The van der Waals surface area contributed by atoms with Gasteiger partial charge < -0.3 is 19.3 Å². The highest BCUT2D eigenvalue weighted by molar-refractivity contribution is 5.92. The maximum atomic E-state index is 15.7. The summed E-state index contributed by atoms with van der Waals surface area (Å²) in [5.41, 5.74) is 1.97. The molecule has 2 aliphatic heterocycles. The van der Waals surface area contributed by atoms with Gasteiger partial charge in [-0.05, 0) is 79.3 Å². The molecule has 3 fully saturated rings. The van der Waals surface area contributed by atoms with Crippen molar-refractivity contribution in [2.24, 2.45) is 5.92 Å². The molecule has 0 radical (unpaired) electrons. The first-order chi connectivity index (χ1) is 22.5. The van der Waals surface area contributed by atoms with Crippen molar-refractivity contribution in [2.75, 3.05) is 6.54 Å². The van der Waals surface area contributed by atoms with E-state index in [4.69, 9.17) is 9.72 Å². The maximum Gasteiger partial charge on any atom is 0.335 e. The van der Waals surface area contributed by atoms with Gasteiger partial charge in [0.1, 0.15) is 29.9 Å². The van der Waals surface area contributed by atoms with Crippen LogP contribution in [0.15, 0.2) is 66.7 Å². The molecule has 1 saturated carbocycles. The van der Waals surface area contributed by atoms with Gasteiger partial charge in [0.05, 0.1) is 27.8 Å². The van der Waals surface area contributed by atoms with Crippen LogP contribution in [0.3, 0.4) is 0 Å². The summed E-state index contributed by atoms with van der Waals surface area (Å²) >= 11 is 0. The highest BCUT2D eigenvalue weighted by atomic mass is 19.1. The molecule has 3 aliphatic rings. The van der Waals surface area contributed by atoms with Crippen LogP contribution in [0.1, 0.15) is 52.6 Å². The molecule has 5 aromatic rings. The fourth-order valence-electron chi connectivity index (χ4n) is 7.06. The first-order valence-corrected chi connectivity index (χ1v) is 15.3. The molecule has 240 valence electrons. The Kier molecular flexibility index (Phi) is 7.49. The van der Waals surface area contributed by atoms with Gasteiger partial charge in [-0.15, -0.1) is 0 Å². The summed E-state index contributed by atoms with van der Waals surface area (Å²) in [6.45, 7) is 4.27. The molecule has 11 heteroatoms. The quantitative estimate of drug-likeness (QED) is 0.193. The zero-order valence-electron chi connectivity index (χ0n) is 25.8. The molecule has 1 aliphatic carbocycles. The monoisotopic (exact) mass is 640 g/mol. The van der Waals surface area contributed by atoms with E-state index in [-0.39, 0.29) is 47.2 Å². The summed E-state index contributed by atoms with van der Waals surface area (Å²) in [4.78, 5) is 35.2. The standard InChI is InChI=1S/C36H31F3N4O4/c1-20-6-7-24(27(37)10-20)18-47-34-5-3-4-30(41-34)26-14-28(38)25(11-29(26)39)13-33-40-31-9-8-23(35(45)46)12-32(31)42(33)19-36-15-22(16-36)17-43(36)21(2)44/h3-12,14,22H,13,15-19H2,1-2H3,(H,45,46). The number of carbonyl (C=O) groups is 2. The molecule has 47 heavy (non-hydrogen) atoms. The number of aryl methyl sites for hydroxylation is 1. The van der Waals surface area contributed by atoms with Gasteiger partial charge in [0.25, 0.3) is 0 Å². The van der Waals surface area contributed by atoms with Crippen LogP contribution in [0, 0.1) is 30.3 Å². The van der Waals surface area contributed by atoms with Crippen LogP contribution < -0.4 is 4.74 Å². The van der Waals surface area contributed by atoms with Crippen LogP contribution in [0.25, 0.3) is 22.3 Å². The number of amides is 1. The lowest BCUT2D eigenvalue weighted by Gasteiger charge is -2.42. The molecule has 0 atom stereocenters. The van der Waals surface area contributed by atoms with Gasteiger partial charge in [0.2, 0.25) is 11.8 Å². The zero-order valence-corrected chi connectivity index (χ0v) is 25.8. The topological polar surface area (TPSA) is 97.5 Å². The Bertz CT molecular complexity index is 2070. The molecule has 2 saturated heterocycles. The van der Waals surface area contributed by atoms with Crippen molar-refractivity contribution < 1.29 is 32.6 Å². The summed E-state index contributed by atoms with van der Waals surface area (Å²) in [7, 11) is 0. The fourth-order valence-corrected chi connectivity index (χ4v) is 7.06. The number of fused-ring (bicyclic) bond motifs is 2. The van der Waals surface area contributed by atoms with Crippen LogP contribution >= 0.6 is 0 Å². The maximum absolute atomic E-state index is 15.7. The van der Waals surface area contributed by atoms with Crippen LogP contribution in [0.2, 0.25) is 0 Å². The number of ether oxygens (including phenoxy) is 1. The first kappa shape index (κ1) is 30.5. The van der Waals surface area contributed by atoms with E-state index in [1.807, 2.05) is 9.47 Å². The average molecular weight is 641 g/mol. The fraction of sp³-hybridized carbons (Fsp3) is 0.278.